The van der Waals surface area contributed by atoms with Crippen LogP contribution in [0.4, 0.5) is 0 Å². The van der Waals surface area contributed by atoms with Gasteiger partial charge in [-0.3, -0.25) is 4.57 Å². The Bertz CT molecular complexity index is 798. The van der Waals surface area contributed by atoms with Crippen molar-refractivity contribution in [1.29, 1.82) is 0 Å². The first-order chi connectivity index (χ1) is 10.2. The minimum absolute atomic E-state index is 0.685. The van der Waals surface area contributed by atoms with Crippen molar-refractivity contribution in [2.24, 2.45) is 0 Å². The Morgan fingerprint density at radius 3 is 2.29 bits per heavy atom. The molecule has 1 heterocycles. The van der Waals surface area contributed by atoms with E-state index in [0.29, 0.717) is 4.77 Å². The van der Waals surface area contributed by atoms with Crippen LogP contribution in [0.15, 0.2) is 54.7 Å². The molecule has 0 spiro atoms. The minimum Gasteiger partial charge on any atom is -0.497 e. The number of methoxy groups -OCH3 is 1. The lowest BCUT2D eigenvalue weighted by Gasteiger charge is -2.02. The highest BCUT2D eigenvalue weighted by Gasteiger charge is 2.05. The molecule has 3 aromatic rings. The largest absolute Gasteiger partial charge is 0.497 e. The van der Waals surface area contributed by atoms with Crippen molar-refractivity contribution in [3.63, 3.8) is 0 Å². The van der Waals surface area contributed by atoms with Gasteiger partial charge in [-0.05, 0) is 61.1 Å². The molecule has 3 nitrogen and oxygen atoms in total. The fourth-order valence-corrected chi connectivity index (χ4v) is 2.48. The third-order valence-electron chi connectivity index (χ3n) is 3.43. The Morgan fingerprint density at radius 2 is 1.67 bits per heavy atom. The number of nitrogens with one attached hydrogen (secondary N) is 1. The predicted octanol–water partition coefficient (Wildman–Crippen LogP) is 4.52. The number of benzene rings is 2. The first kappa shape index (κ1) is 13.6. The first-order valence-electron chi connectivity index (χ1n) is 6.70. The Hall–Kier alpha value is -2.33. The van der Waals surface area contributed by atoms with Gasteiger partial charge in [0.05, 0.1) is 12.8 Å². The van der Waals surface area contributed by atoms with E-state index < -0.39 is 0 Å². The topological polar surface area (TPSA) is 29.9 Å². The molecule has 0 atom stereocenters. The summed E-state index contributed by atoms with van der Waals surface area (Å²) in [6.07, 6.45) is 2.02. The molecule has 0 bridgehead atoms. The van der Waals surface area contributed by atoms with Crippen LogP contribution in [-0.2, 0) is 0 Å². The van der Waals surface area contributed by atoms with Crippen LogP contribution < -0.4 is 4.74 Å². The van der Waals surface area contributed by atoms with E-state index in [1.54, 1.807) is 7.11 Å². The van der Waals surface area contributed by atoms with E-state index >= 15 is 0 Å². The maximum absolute atomic E-state index is 5.42. The molecule has 4 heteroatoms. The predicted molar refractivity (Wildman–Crippen MR) is 87.7 cm³/mol. The molecular weight excluding hydrogens is 280 g/mol. The summed E-state index contributed by atoms with van der Waals surface area (Å²) < 4.78 is 7.84. The smallest absolute Gasteiger partial charge is 0.182 e. The number of aryl methyl sites for hydroxylation is 1. The number of H-pyrrole nitrogens is 1. The van der Waals surface area contributed by atoms with Gasteiger partial charge in [-0.2, -0.15) is 0 Å². The SMILES string of the molecule is COc1ccc(-c2cn(-c3ccc(C)cc3)c(=S)[nH]2)cc1. The second kappa shape index (κ2) is 5.58. The average molecular weight is 296 g/mol. The van der Waals surface area contributed by atoms with Gasteiger partial charge in [0.1, 0.15) is 5.75 Å². The molecule has 1 aromatic heterocycles. The van der Waals surface area contributed by atoms with Gasteiger partial charge in [0, 0.05) is 11.9 Å². The van der Waals surface area contributed by atoms with E-state index in [2.05, 4.69) is 36.2 Å². The molecule has 3 rings (SSSR count). The highest BCUT2D eigenvalue weighted by atomic mass is 32.1. The molecule has 106 valence electrons. The van der Waals surface area contributed by atoms with Crippen LogP contribution in [0.3, 0.4) is 0 Å². The third-order valence-corrected chi connectivity index (χ3v) is 3.73. The summed E-state index contributed by atoms with van der Waals surface area (Å²) >= 11 is 5.42. The van der Waals surface area contributed by atoms with Crippen molar-refractivity contribution >= 4 is 12.2 Å². The molecule has 0 saturated carbocycles. The van der Waals surface area contributed by atoms with Gasteiger partial charge < -0.3 is 9.72 Å². The van der Waals surface area contributed by atoms with E-state index in [-0.39, 0.29) is 0 Å². The Kier molecular flexibility index (Phi) is 3.62. The van der Waals surface area contributed by atoms with Crippen LogP contribution in [0.25, 0.3) is 16.9 Å². The molecule has 0 fully saturated rings. The molecule has 0 aliphatic carbocycles. The third kappa shape index (κ3) is 2.76. The summed E-state index contributed by atoms with van der Waals surface area (Å²) in [5.74, 6) is 0.843. The molecule has 0 radical (unpaired) electrons. The summed E-state index contributed by atoms with van der Waals surface area (Å²) in [4.78, 5) is 3.25. The van der Waals surface area contributed by atoms with Gasteiger partial charge in [0.2, 0.25) is 0 Å². The van der Waals surface area contributed by atoms with Gasteiger partial charge in [0.25, 0.3) is 0 Å². The lowest BCUT2D eigenvalue weighted by molar-refractivity contribution is 0.415. The number of aromatic nitrogens is 2. The Labute approximate surface area is 128 Å². The van der Waals surface area contributed by atoms with Crippen molar-refractivity contribution in [3.8, 4) is 22.7 Å². The standard InChI is InChI=1S/C17H16N2OS/c1-12-3-7-14(8-4-12)19-11-16(18-17(19)21)13-5-9-15(20-2)10-6-13/h3-11H,1-2H3,(H,18,21). The summed E-state index contributed by atoms with van der Waals surface area (Å²) in [6, 6.07) is 16.2. The van der Waals surface area contributed by atoms with E-state index in [1.807, 2.05) is 35.0 Å². The van der Waals surface area contributed by atoms with Crippen LogP contribution in [0.5, 0.6) is 5.75 Å². The van der Waals surface area contributed by atoms with Crippen LogP contribution in [0, 0.1) is 11.7 Å². The van der Waals surface area contributed by atoms with Crippen LogP contribution in [-0.4, -0.2) is 16.7 Å². The minimum atomic E-state index is 0.685. The summed E-state index contributed by atoms with van der Waals surface area (Å²) in [5.41, 5.74) is 4.36. The van der Waals surface area contributed by atoms with Crippen LogP contribution in [0.1, 0.15) is 5.56 Å². The fourth-order valence-electron chi connectivity index (χ4n) is 2.21. The van der Waals surface area contributed by atoms with Crippen molar-refractivity contribution in [1.82, 2.24) is 9.55 Å². The van der Waals surface area contributed by atoms with E-state index in [1.165, 1.54) is 5.56 Å². The maximum Gasteiger partial charge on any atom is 0.182 e. The number of hydrogen-bond acceptors (Lipinski definition) is 2. The van der Waals surface area contributed by atoms with Gasteiger partial charge in [-0.15, -0.1) is 0 Å². The van der Waals surface area contributed by atoms with Crippen molar-refractivity contribution in [2.75, 3.05) is 7.11 Å². The number of ether oxygens (including phenoxy) is 1. The second-order valence-electron chi connectivity index (χ2n) is 4.91. The highest BCUT2D eigenvalue weighted by molar-refractivity contribution is 7.71. The van der Waals surface area contributed by atoms with E-state index in [9.17, 15) is 0 Å². The monoisotopic (exact) mass is 296 g/mol. The Balaban J connectivity index is 2.00. The van der Waals surface area contributed by atoms with Gasteiger partial charge >= 0.3 is 0 Å². The van der Waals surface area contributed by atoms with Crippen molar-refractivity contribution in [3.05, 3.63) is 65.1 Å². The van der Waals surface area contributed by atoms with Crippen molar-refractivity contribution < 1.29 is 4.74 Å². The molecule has 0 saturated heterocycles. The molecule has 0 amide bonds. The molecule has 2 aromatic carbocycles. The van der Waals surface area contributed by atoms with Crippen LogP contribution in [0.2, 0.25) is 0 Å². The number of aromatic amines is 1. The van der Waals surface area contributed by atoms with E-state index in [4.69, 9.17) is 17.0 Å². The molecular formula is C17H16N2OS. The van der Waals surface area contributed by atoms with Gasteiger partial charge in [-0.25, -0.2) is 0 Å². The lowest BCUT2D eigenvalue weighted by Crippen LogP contribution is -1.91. The second-order valence-corrected chi connectivity index (χ2v) is 5.29. The molecule has 1 N–H and O–H groups in total. The van der Waals surface area contributed by atoms with Crippen molar-refractivity contribution in [2.45, 2.75) is 6.92 Å². The molecule has 0 aliphatic heterocycles. The summed E-state index contributed by atoms with van der Waals surface area (Å²) in [7, 11) is 1.66. The maximum atomic E-state index is 5.42. The quantitative estimate of drug-likeness (QED) is 0.720. The lowest BCUT2D eigenvalue weighted by atomic mass is 10.1. The number of hydrogen-bond donors (Lipinski definition) is 1. The zero-order valence-corrected chi connectivity index (χ0v) is 12.8. The average Bonchev–Trinajstić information content (AvgIpc) is 2.90. The van der Waals surface area contributed by atoms with Gasteiger partial charge in [-0.1, -0.05) is 17.7 Å². The normalized spacial score (nSPS) is 10.6. The van der Waals surface area contributed by atoms with Crippen LogP contribution >= 0.6 is 12.2 Å². The molecule has 0 unspecified atom stereocenters. The number of nitrogens with zero attached hydrogens (tertiary/aromatic N) is 1. The summed E-state index contributed by atoms with van der Waals surface area (Å²) in [5, 5.41) is 0. The molecule has 0 aliphatic rings. The number of rotatable bonds is 3. The fraction of sp³-hybridized carbons (Fsp3) is 0.118. The number of imidazole rings is 1. The Morgan fingerprint density at radius 1 is 1.00 bits per heavy atom. The first-order valence-corrected chi connectivity index (χ1v) is 7.11. The summed E-state index contributed by atoms with van der Waals surface area (Å²) in [6.45, 7) is 2.07. The zero-order chi connectivity index (χ0) is 14.8. The van der Waals surface area contributed by atoms with Gasteiger partial charge in [0.15, 0.2) is 4.77 Å². The zero-order valence-electron chi connectivity index (χ0n) is 12.0. The molecule has 21 heavy (non-hydrogen) atoms. The highest BCUT2D eigenvalue weighted by Crippen LogP contribution is 2.22. The van der Waals surface area contributed by atoms with E-state index in [0.717, 1.165) is 22.7 Å².